The molecule has 2 rings (SSSR count). The molecule has 1 atom stereocenters. The van der Waals surface area contributed by atoms with Crippen LogP contribution in [0.25, 0.3) is 0 Å². The zero-order valence-corrected chi connectivity index (χ0v) is 11.4. The Balaban J connectivity index is 2.42. The lowest BCUT2D eigenvalue weighted by Gasteiger charge is -2.40. The van der Waals surface area contributed by atoms with Gasteiger partial charge in [0, 0.05) is 17.9 Å². The molecule has 0 bridgehead atoms. The lowest BCUT2D eigenvalue weighted by atomic mass is 9.73. The molecule has 0 radical (unpaired) electrons. The maximum atomic E-state index is 5.43. The van der Waals surface area contributed by atoms with Gasteiger partial charge in [0.1, 0.15) is 0 Å². The number of rotatable bonds is 2. The summed E-state index contributed by atoms with van der Waals surface area (Å²) in [4.78, 5) is 3.20. The molecule has 1 unspecified atom stereocenters. The first-order valence-corrected chi connectivity index (χ1v) is 6.76. The molecule has 0 amide bonds. The third kappa shape index (κ3) is 1.97. The number of hydrogen-bond donors (Lipinski definition) is 1. The quantitative estimate of drug-likeness (QED) is 0.764. The van der Waals surface area contributed by atoms with Crippen molar-refractivity contribution in [3.05, 3.63) is 16.7 Å². The third-order valence-electron chi connectivity index (χ3n) is 4.02. The second-order valence-electron chi connectivity index (χ2n) is 5.56. The molecule has 1 heterocycles. The molecule has 16 heavy (non-hydrogen) atoms. The van der Waals surface area contributed by atoms with Crippen molar-refractivity contribution in [3.8, 4) is 0 Å². The number of imidazole rings is 1. The maximum absolute atomic E-state index is 5.43. The summed E-state index contributed by atoms with van der Waals surface area (Å²) < 4.78 is 3.27. The fourth-order valence-corrected chi connectivity index (χ4v) is 3.29. The number of nitrogens with one attached hydrogen (secondary N) is 1. The molecule has 1 aromatic heterocycles. The Morgan fingerprint density at radius 1 is 1.50 bits per heavy atom. The Labute approximate surface area is 103 Å². The second-order valence-corrected chi connectivity index (χ2v) is 5.95. The van der Waals surface area contributed by atoms with Crippen LogP contribution in [0.3, 0.4) is 0 Å². The van der Waals surface area contributed by atoms with E-state index in [1.165, 1.54) is 31.4 Å². The zero-order chi connectivity index (χ0) is 11.8. The Kier molecular flexibility index (Phi) is 3.24. The Bertz CT molecular complexity index is 414. The topological polar surface area (TPSA) is 20.7 Å². The first kappa shape index (κ1) is 11.9. The monoisotopic (exact) mass is 238 g/mol. The molecule has 1 saturated carbocycles. The van der Waals surface area contributed by atoms with E-state index in [2.05, 4.69) is 36.5 Å². The van der Waals surface area contributed by atoms with Gasteiger partial charge in [-0.25, -0.2) is 0 Å². The SMILES string of the molecule is CCc1c[nH]c(=S)n1C1CCCCC1(C)C. The van der Waals surface area contributed by atoms with Gasteiger partial charge in [0.25, 0.3) is 0 Å². The minimum atomic E-state index is 0.378. The molecule has 1 N–H and O–H groups in total. The van der Waals surface area contributed by atoms with Gasteiger partial charge in [0.2, 0.25) is 0 Å². The van der Waals surface area contributed by atoms with Gasteiger partial charge in [0.05, 0.1) is 0 Å². The maximum Gasteiger partial charge on any atom is 0.177 e. The summed E-state index contributed by atoms with van der Waals surface area (Å²) in [5.41, 5.74) is 1.73. The first-order valence-electron chi connectivity index (χ1n) is 6.35. The van der Waals surface area contributed by atoms with E-state index < -0.39 is 0 Å². The number of H-pyrrole nitrogens is 1. The molecule has 1 aliphatic rings. The van der Waals surface area contributed by atoms with Gasteiger partial charge < -0.3 is 9.55 Å². The number of aryl methyl sites for hydroxylation is 1. The smallest absolute Gasteiger partial charge is 0.177 e. The van der Waals surface area contributed by atoms with Gasteiger partial charge in [-0.3, -0.25) is 0 Å². The van der Waals surface area contributed by atoms with Crippen molar-refractivity contribution in [2.24, 2.45) is 5.41 Å². The summed E-state index contributed by atoms with van der Waals surface area (Å²) in [5, 5.41) is 0. The number of hydrogen-bond acceptors (Lipinski definition) is 1. The fourth-order valence-electron chi connectivity index (χ4n) is 2.98. The molecule has 1 aromatic rings. The minimum absolute atomic E-state index is 0.378. The van der Waals surface area contributed by atoms with Gasteiger partial charge in [0.15, 0.2) is 4.77 Å². The number of aromatic amines is 1. The van der Waals surface area contributed by atoms with Gasteiger partial charge in [-0.1, -0.05) is 33.6 Å². The van der Waals surface area contributed by atoms with Crippen molar-refractivity contribution in [3.63, 3.8) is 0 Å². The van der Waals surface area contributed by atoms with Gasteiger partial charge in [-0.05, 0) is 36.9 Å². The van der Waals surface area contributed by atoms with Crippen LogP contribution in [0.1, 0.15) is 58.2 Å². The molecule has 0 spiro atoms. The van der Waals surface area contributed by atoms with E-state index in [9.17, 15) is 0 Å². The average molecular weight is 238 g/mol. The van der Waals surface area contributed by atoms with E-state index in [-0.39, 0.29) is 0 Å². The molecule has 90 valence electrons. The third-order valence-corrected chi connectivity index (χ3v) is 4.33. The highest BCUT2D eigenvalue weighted by Gasteiger charge is 2.34. The number of nitrogens with zero attached hydrogens (tertiary/aromatic N) is 1. The van der Waals surface area contributed by atoms with E-state index in [0.717, 1.165) is 11.2 Å². The molecule has 3 heteroatoms. The van der Waals surface area contributed by atoms with Crippen molar-refractivity contribution in [2.75, 3.05) is 0 Å². The predicted molar refractivity (Wildman–Crippen MR) is 70.3 cm³/mol. The summed E-state index contributed by atoms with van der Waals surface area (Å²) in [5.74, 6) is 0. The summed E-state index contributed by atoms with van der Waals surface area (Å²) in [7, 11) is 0. The first-order chi connectivity index (χ1) is 7.56. The standard InChI is InChI=1S/C13H22N2S/c1-4-10-9-14-12(16)15(10)11-7-5-6-8-13(11,2)3/h9,11H,4-8H2,1-3H3,(H,14,16). The Morgan fingerprint density at radius 2 is 2.25 bits per heavy atom. The highest BCUT2D eigenvalue weighted by molar-refractivity contribution is 7.71. The Hall–Kier alpha value is -0.570. The van der Waals surface area contributed by atoms with Crippen molar-refractivity contribution >= 4 is 12.2 Å². The molecule has 2 nitrogen and oxygen atoms in total. The Morgan fingerprint density at radius 3 is 2.88 bits per heavy atom. The molecule has 0 aliphatic heterocycles. The lowest BCUT2D eigenvalue weighted by Crippen LogP contribution is -2.31. The number of aromatic nitrogens is 2. The lowest BCUT2D eigenvalue weighted by molar-refractivity contribution is 0.140. The van der Waals surface area contributed by atoms with E-state index in [1.54, 1.807) is 0 Å². The largest absolute Gasteiger partial charge is 0.337 e. The zero-order valence-electron chi connectivity index (χ0n) is 10.5. The molecule has 1 aliphatic carbocycles. The van der Waals surface area contributed by atoms with E-state index in [4.69, 9.17) is 12.2 Å². The summed E-state index contributed by atoms with van der Waals surface area (Å²) >= 11 is 5.43. The van der Waals surface area contributed by atoms with Crippen LogP contribution in [0.5, 0.6) is 0 Å². The highest BCUT2D eigenvalue weighted by Crippen LogP contribution is 2.44. The van der Waals surface area contributed by atoms with Crippen LogP contribution in [0.2, 0.25) is 0 Å². The molecular formula is C13H22N2S. The van der Waals surface area contributed by atoms with Crippen LogP contribution in [0.15, 0.2) is 6.20 Å². The van der Waals surface area contributed by atoms with Crippen molar-refractivity contribution in [1.82, 2.24) is 9.55 Å². The minimum Gasteiger partial charge on any atom is -0.337 e. The van der Waals surface area contributed by atoms with Crippen LogP contribution in [-0.4, -0.2) is 9.55 Å². The van der Waals surface area contributed by atoms with Crippen LogP contribution in [-0.2, 0) is 6.42 Å². The van der Waals surface area contributed by atoms with Crippen LogP contribution in [0.4, 0.5) is 0 Å². The molecular weight excluding hydrogens is 216 g/mol. The van der Waals surface area contributed by atoms with E-state index >= 15 is 0 Å². The van der Waals surface area contributed by atoms with Gasteiger partial charge in [-0.15, -0.1) is 0 Å². The predicted octanol–water partition coefficient (Wildman–Crippen LogP) is 4.25. The normalized spacial score (nSPS) is 24.6. The summed E-state index contributed by atoms with van der Waals surface area (Å²) in [6.45, 7) is 6.96. The summed E-state index contributed by atoms with van der Waals surface area (Å²) in [6, 6.07) is 0.579. The average Bonchev–Trinajstić information content (AvgIpc) is 2.59. The van der Waals surface area contributed by atoms with E-state index in [1.807, 2.05) is 0 Å². The molecule has 0 aromatic carbocycles. The molecule has 1 fully saturated rings. The fraction of sp³-hybridized carbons (Fsp3) is 0.769. The van der Waals surface area contributed by atoms with Crippen LogP contribution in [0, 0.1) is 10.2 Å². The summed E-state index contributed by atoms with van der Waals surface area (Å²) in [6.07, 6.45) is 8.42. The van der Waals surface area contributed by atoms with Gasteiger partial charge >= 0.3 is 0 Å². The van der Waals surface area contributed by atoms with Crippen LogP contribution >= 0.6 is 12.2 Å². The van der Waals surface area contributed by atoms with Crippen molar-refractivity contribution in [2.45, 2.75) is 58.9 Å². The highest BCUT2D eigenvalue weighted by atomic mass is 32.1. The second kappa shape index (κ2) is 4.36. The van der Waals surface area contributed by atoms with Gasteiger partial charge in [-0.2, -0.15) is 0 Å². The van der Waals surface area contributed by atoms with Crippen LogP contribution < -0.4 is 0 Å². The van der Waals surface area contributed by atoms with Crippen molar-refractivity contribution in [1.29, 1.82) is 0 Å². The van der Waals surface area contributed by atoms with Crippen molar-refractivity contribution < 1.29 is 0 Å². The molecule has 0 saturated heterocycles. The van der Waals surface area contributed by atoms with E-state index in [0.29, 0.717) is 11.5 Å².